The van der Waals surface area contributed by atoms with Crippen LogP contribution in [0.15, 0.2) is 22.7 Å². The van der Waals surface area contributed by atoms with Crippen LogP contribution in [0.25, 0.3) is 0 Å². The summed E-state index contributed by atoms with van der Waals surface area (Å²) in [6.45, 7) is 1.69. The smallest absolute Gasteiger partial charge is 0.124 e. The van der Waals surface area contributed by atoms with Gasteiger partial charge in [0, 0.05) is 16.4 Å². The number of alkyl halides is 1. The van der Waals surface area contributed by atoms with Crippen molar-refractivity contribution in [1.29, 1.82) is 0 Å². The van der Waals surface area contributed by atoms with Gasteiger partial charge in [0.2, 0.25) is 0 Å². The molecule has 0 aromatic heterocycles. The van der Waals surface area contributed by atoms with Gasteiger partial charge < -0.3 is 5.32 Å². The fourth-order valence-corrected chi connectivity index (χ4v) is 3.31. The third kappa shape index (κ3) is 3.94. The average molecular weight is 335 g/mol. The van der Waals surface area contributed by atoms with E-state index in [-0.39, 0.29) is 5.82 Å². The summed E-state index contributed by atoms with van der Waals surface area (Å²) in [5.74, 6) is 0.360. The lowest BCUT2D eigenvalue weighted by Crippen LogP contribution is -2.30. The van der Waals surface area contributed by atoms with E-state index in [0.717, 1.165) is 29.5 Å². The summed E-state index contributed by atoms with van der Waals surface area (Å²) in [5.41, 5.74) is 1.08. The number of hydrogen-bond donors (Lipinski definition) is 1. The van der Waals surface area contributed by atoms with Gasteiger partial charge in [0.25, 0.3) is 0 Å². The highest BCUT2D eigenvalue weighted by atomic mass is 79.9. The normalized spacial score (nSPS) is 24.2. The van der Waals surface area contributed by atoms with Gasteiger partial charge in [-0.3, -0.25) is 0 Å². The highest BCUT2D eigenvalue weighted by Crippen LogP contribution is 2.28. The molecule has 0 spiro atoms. The van der Waals surface area contributed by atoms with Crippen molar-refractivity contribution < 1.29 is 4.39 Å². The molecule has 1 saturated carbocycles. The summed E-state index contributed by atoms with van der Waals surface area (Å²) < 4.78 is 13.8. The van der Waals surface area contributed by atoms with E-state index in [4.69, 9.17) is 11.6 Å². The van der Waals surface area contributed by atoms with E-state index in [1.807, 2.05) is 6.07 Å². The zero-order valence-electron chi connectivity index (χ0n) is 10.3. The van der Waals surface area contributed by atoms with Crippen LogP contribution in [0.2, 0.25) is 0 Å². The molecule has 1 aromatic carbocycles. The summed E-state index contributed by atoms with van der Waals surface area (Å²) in [7, 11) is 0. The Bertz CT molecular complexity index is 399. The quantitative estimate of drug-likeness (QED) is 0.801. The Labute approximate surface area is 121 Å². The van der Waals surface area contributed by atoms with E-state index in [2.05, 4.69) is 21.2 Å². The van der Waals surface area contributed by atoms with Gasteiger partial charge in [-0.25, -0.2) is 4.39 Å². The molecule has 1 fully saturated rings. The Balaban J connectivity index is 1.81. The van der Waals surface area contributed by atoms with Crippen LogP contribution in [-0.4, -0.2) is 11.9 Å². The predicted octanol–water partition coefficient (Wildman–Crippen LogP) is 4.48. The first-order chi connectivity index (χ1) is 8.66. The zero-order chi connectivity index (χ0) is 13.0. The number of halogens is 3. The van der Waals surface area contributed by atoms with Crippen molar-refractivity contribution >= 4 is 27.5 Å². The Morgan fingerprint density at radius 3 is 2.83 bits per heavy atom. The molecule has 4 heteroatoms. The molecule has 0 heterocycles. The van der Waals surface area contributed by atoms with Gasteiger partial charge in [-0.1, -0.05) is 34.8 Å². The molecule has 1 aromatic rings. The van der Waals surface area contributed by atoms with Crippen molar-refractivity contribution in [2.75, 3.05) is 6.54 Å². The minimum atomic E-state index is -0.210. The first-order valence-corrected chi connectivity index (χ1v) is 7.68. The van der Waals surface area contributed by atoms with Crippen LogP contribution in [-0.2, 0) is 6.54 Å². The topological polar surface area (TPSA) is 12.0 Å². The van der Waals surface area contributed by atoms with Crippen LogP contribution in [0, 0.1) is 11.7 Å². The van der Waals surface area contributed by atoms with Crippen LogP contribution in [0.5, 0.6) is 0 Å². The molecule has 1 aliphatic carbocycles. The van der Waals surface area contributed by atoms with E-state index < -0.39 is 0 Å². The van der Waals surface area contributed by atoms with Crippen LogP contribution in [0.3, 0.4) is 0 Å². The number of hydrogen-bond acceptors (Lipinski definition) is 1. The molecule has 1 aliphatic rings. The Hall–Kier alpha value is -0.120. The van der Waals surface area contributed by atoms with Gasteiger partial charge >= 0.3 is 0 Å². The molecule has 0 bridgehead atoms. The summed E-state index contributed by atoms with van der Waals surface area (Å²) >= 11 is 9.70. The molecule has 0 amide bonds. The van der Waals surface area contributed by atoms with Gasteiger partial charge in [-0.15, -0.1) is 11.6 Å². The van der Waals surface area contributed by atoms with Gasteiger partial charge in [0.15, 0.2) is 0 Å². The fraction of sp³-hybridized carbons (Fsp3) is 0.571. The third-order valence-electron chi connectivity index (χ3n) is 3.55. The molecule has 2 atom stereocenters. The first-order valence-electron chi connectivity index (χ1n) is 6.45. The Morgan fingerprint density at radius 2 is 2.11 bits per heavy atom. The molecule has 1 nitrogen and oxygen atoms in total. The molecule has 100 valence electrons. The third-order valence-corrected chi connectivity index (χ3v) is 4.87. The molecule has 18 heavy (non-hydrogen) atoms. The van der Waals surface area contributed by atoms with Crippen LogP contribution in [0.1, 0.15) is 31.2 Å². The second-order valence-corrected chi connectivity index (χ2v) is 6.34. The van der Waals surface area contributed by atoms with Gasteiger partial charge in [0.1, 0.15) is 5.82 Å². The molecule has 0 saturated heterocycles. The summed E-state index contributed by atoms with van der Waals surface area (Å²) in [6, 6.07) is 4.81. The van der Waals surface area contributed by atoms with E-state index in [9.17, 15) is 4.39 Å². The standard InChI is InChI=1S/C14H18BrClFN/c15-13-7-12(17)6-5-10(13)8-18-9-11-3-1-2-4-14(11)16/h5-7,11,14,18H,1-4,8-9H2. The molecular weight excluding hydrogens is 317 g/mol. The highest BCUT2D eigenvalue weighted by Gasteiger charge is 2.22. The fourth-order valence-electron chi connectivity index (χ4n) is 2.45. The summed E-state index contributed by atoms with van der Waals surface area (Å²) in [5, 5.41) is 3.73. The SMILES string of the molecule is Fc1ccc(CNCC2CCCCC2Cl)c(Br)c1. The van der Waals surface area contributed by atoms with E-state index in [1.54, 1.807) is 0 Å². The molecule has 0 radical (unpaired) electrons. The van der Waals surface area contributed by atoms with E-state index >= 15 is 0 Å². The molecule has 0 aliphatic heterocycles. The number of nitrogens with one attached hydrogen (secondary N) is 1. The molecule has 2 rings (SSSR count). The summed E-state index contributed by atoms with van der Waals surface area (Å²) in [6.07, 6.45) is 4.89. The van der Waals surface area contributed by atoms with Crippen LogP contribution >= 0.6 is 27.5 Å². The number of rotatable bonds is 4. The van der Waals surface area contributed by atoms with Crippen LogP contribution < -0.4 is 5.32 Å². The maximum Gasteiger partial charge on any atom is 0.124 e. The van der Waals surface area contributed by atoms with Gasteiger partial charge in [-0.05, 0) is 43.0 Å². The van der Waals surface area contributed by atoms with Gasteiger partial charge in [0.05, 0.1) is 0 Å². The van der Waals surface area contributed by atoms with E-state index in [1.165, 1.54) is 31.4 Å². The zero-order valence-corrected chi connectivity index (χ0v) is 12.6. The molecule has 2 unspecified atom stereocenters. The maximum absolute atomic E-state index is 12.9. The molecular formula is C14H18BrClFN. The average Bonchev–Trinajstić information content (AvgIpc) is 2.34. The lowest BCUT2D eigenvalue weighted by atomic mass is 9.89. The van der Waals surface area contributed by atoms with Crippen molar-refractivity contribution in [2.24, 2.45) is 5.92 Å². The van der Waals surface area contributed by atoms with Gasteiger partial charge in [-0.2, -0.15) is 0 Å². The van der Waals surface area contributed by atoms with Crippen molar-refractivity contribution in [3.8, 4) is 0 Å². The lowest BCUT2D eigenvalue weighted by Gasteiger charge is -2.27. The minimum absolute atomic E-state index is 0.210. The lowest BCUT2D eigenvalue weighted by molar-refractivity contribution is 0.348. The second kappa shape index (κ2) is 6.88. The largest absolute Gasteiger partial charge is 0.312 e. The van der Waals surface area contributed by atoms with Crippen molar-refractivity contribution in [1.82, 2.24) is 5.32 Å². The molecule has 1 N–H and O–H groups in total. The second-order valence-electron chi connectivity index (χ2n) is 4.93. The van der Waals surface area contributed by atoms with E-state index in [0.29, 0.717) is 11.3 Å². The summed E-state index contributed by atoms with van der Waals surface area (Å²) in [4.78, 5) is 0. The highest BCUT2D eigenvalue weighted by molar-refractivity contribution is 9.10. The monoisotopic (exact) mass is 333 g/mol. The Kier molecular flexibility index (Phi) is 5.46. The maximum atomic E-state index is 12.9. The predicted molar refractivity (Wildman–Crippen MR) is 77.4 cm³/mol. The van der Waals surface area contributed by atoms with Crippen molar-refractivity contribution in [2.45, 2.75) is 37.6 Å². The Morgan fingerprint density at radius 1 is 1.33 bits per heavy atom. The number of benzene rings is 1. The minimum Gasteiger partial charge on any atom is -0.312 e. The van der Waals surface area contributed by atoms with Crippen LogP contribution in [0.4, 0.5) is 4.39 Å². The van der Waals surface area contributed by atoms with Crippen molar-refractivity contribution in [3.63, 3.8) is 0 Å². The van der Waals surface area contributed by atoms with Crippen molar-refractivity contribution in [3.05, 3.63) is 34.1 Å². The first kappa shape index (κ1) is 14.3.